The van der Waals surface area contributed by atoms with E-state index in [9.17, 15) is 0 Å². The van der Waals surface area contributed by atoms with Gasteiger partial charge in [0.15, 0.2) is 0 Å². The van der Waals surface area contributed by atoms with E-state index >= 15 is 0 Å². The average Bonchev–Trinajstić information content (AvgIpc) is 2.51. The van der Waals surface area contributed by atoms with E-state index in [4.69, 9.17) is 9.47 Å². The van der Waals surface area contributed by atoms with Gasteiger partial charge in [0.1, 0.15) is 0 Å². The van der Waals surface area contributed by atoms with Crippen molar-refractivity contribution in [2.45, 2.75) is 77.9 Å². The predicted octanol–water partition coefficient (Wildman–Crippen LogP) is 4.11. The number of rotatable bonds is 3. The standard InChI is InChI=1S/C21H37NO2/c1-16(2)17-10-20(11-17)8-6-18(24-15-20)19(3,4)22-12-21(13-22)7-5-9-23-14-21/h16-18H,5-15H2,1-4H3. The maximum Gasteiger partial charge on any atom is 0.0753 e. The Morgan fingerprint density at radius 3 is 2.33 bits per heavy atom. The fourth-order valence-electron chi connectivity index (χ4n) is 5.81. The van der Waals surface area contributed by atoms with Gasteiger partial charge in [0.25, 0.3) is 0 Å². The molecule has 3 nitrogen and oxygen atoms in total. The van der Waals surface area contributed by atoms with Crippen LogP contribution in [-0.2, 0) is 9.47 Å². The topological polar surface area (TPSA) is 21.7 Å². The summed E-state index contributed by atoms with van der Waals surface area (Å²) in [5.74, 6) is 1.79. The summed E-state index contributed by atoms with van der Waals surface area (Å²) >= 11 is 0. The summed E-state index contributed by atoms with van der Waals surface area (Å²) in [4.78, 5) is 2.67. The van der Waals surface area contributed by atoms with Crippen molar-refractivity contribution in [2.75, 3.05) is 32.9 Å². The van der Waals surface area contributed by atoms with Gasteiger partial charge < -0.3 is 9.47 Å². The number of ether oxygens (including phenoxy) is 2. The van der Waals surface area contributed by atoms with Gasteiger partial charge in [-0.15, -0.1) is 0 Å². The number of hydrogen-bond acceptors (Lipinski definition) is 3. The monoisotopic (exact) mass is 335 g/mol. The summed E-state index contributed by atoms with van der Waals surface area (Å²) in [6.07, 6.45) is 8.44. The first-order valence-corrected chi connectivity index (χ1v) is 10.3. The van der Waals surface area contributed by atoms with Crippen molar-refractivity contribution in [3.8, 4) is 0 Å². The number of nitrogens with zero attached hydrogens (tertiary/aromatic N) is 1. The highest BCUT2D eigenvalue weighted by Gasteiger charge is 2.54. The van der Waals surface area contributed by atoms with Crippen LogP contribution in [0.2, 0.25) is 0 Å². The molecule has 0 N–H and O–H groups in total. The van der Waals surface area contributed by atoms with Gasteiger partial charge in [-0.1, -0.05) is 13.8 Å². The molecule has 1 aliphatic carbocycles. The molecule has 4 aliphatic rings. The van der Waals surface area contributed by atoms with Crippen molar-refractivity contribution in [1.29, 1.82) is 0 Å². The molecular weight excluding hydrogens is 298 g/mol. The first-order chi connectivity index (χ1) is 11.3. The molecule has 2 spiro atoms. The van der Waals surface area contributed by atoms with Gasteiger partial charge in [0.05, 0.1) is 19.3 Å². The van der Waals surface area contributed by atoms with Gasteiger partial charge in [0.2, 0.25) is 0 Å². The average molecular weight is 336 g/mol. The minimum absolute atomic E-state index is 0.172. The maximum absolute atomic E-state index is 6.49. The van der Waals surface area contributed by atoms with Crippen molar-refractivity contribution in [1.82, 2.24) is 4.90 Å². The molecule has 1 unspecified atom stereocenters. The second-order valence-corrected chi connectivity index (χ2v) is 10.4. The molecular formula is C21H37NO2. The lowest BCUT2D eigenvalue weighted by molar-refractivity contribution is -0.198. The third-order valence-corrected chi connectivity index (χ3v) is 7.92. The number of hydrogen-bond donors (Lipinski definition) is 0. The molecule has 1 atom stereocenters. The van der Waals surface area contributed by atoms with E-state index in [2.05, 4.69) is 32.6 Å². The molecule has 4 rings (SSSR count). The molecule has 3 aliphatic heterocycles. The number of likely N-dealkylation sites (tertiary alicyclic amines) is 1. The fraction of sp³-hybridized carbons (Fsp3) is 1.00. The minimum atomic E-state index is 0.172. The van der Waals surface area contributed by atoms with Gasteiger partial charge in [-0.05, 0) is 69.6 Å². The third kappa shape index (κ3) is 2.85. The fourth-order valence-corrected chi connectivity index (χ4v) is 5.81. The van der Waals surface area contributed by atoms with Crippen LogP contribution in [0.1, 0.15) is 66.2 Å². The van der Waals surface area contributed by atoms with Crippen LogP contribution in [0.5, 0.6) is 0 Å². The molecule has 0 radical (unpaired) electrons. The lowest BCUT2D eigenvalue weighted by atomic mass is 9.56. The van der Waals surface area contributed by atoms with E-state index in [1.165, 1.54) is 51.6 Å². The molecule has 0 aromatic carbocycles. The molecule has 3 heterocycles. The van der Waals surface area contributed by atoms with Gasteiger partial charge >= 0.3 is 0 Å². The summed E-state index contributed by atoms with van der Waals surface area (Å²) in [5.41, 5.74) is 1.17. The zero-order valence-electron chi connectivity index (χ0n) is 16.3. The van der Waals surface area contributed by atoms with E-state index < -0.39 is 0 Å². The summed E-state index contributed by atoms with van der Waals surface area (Å²) < 4.78 is 12.2. The van der Waals surface area contributed by atoms with E-state index in [-0.39, 0.29) is 5.54 Å². The van der Waals surface area contributed by atoms with Crippen molar-refractivity contribution >= 4 is 0 Å². The molecule has 0 bridgehead atoms. The minimum Gasteiger partial charge on any atom is -0.381 e. The first-order valence-electron chi connectivity index (χ1n) is 10.3. The largest absolute Gasteiger partial charge is 0.381 e. The highest BCUT2D eigenvalue weighted by Crippen LogP contribution is 2.55. The van der Waals surface area contributed by atoms with Crippen LogP contribution < -0.4 is 0 Å². The quantitative estimate of drug-likeness (QED) is 0.775. The Bertz CT molecular complexity index is 442. The molecule has 4 fully saturated rings. The van der Waals surface area contributed by atoms with Crippen LogP contribution in [-0.4, -0.2) is 49.5 Å². The first kappa shape index (κ1) is 17.3. The van der Waals surface area contributed by atoms with Crippen LogP contribution in [0.3, 0.4) is 0 Å². The summed E-state index contributed by atoms with van der Waals surface area (Å²) in [5, 5.41) is 0. The van der Waals surface area contributed by atoms with Crippen LogP contribution in [0.25, 0.3) is 0 Å². The van der Waals surface area contributed by atoms with E-state index in [1.807, 2.05) is 0 Å². The second kappa shape index (κ2) is 5.96. The van der Waals surface area contributed by atoms with Crippen molar-refractivity contribution in [3.05, 3.63) is 0 Å². The Balaban J connectivity index is 1.29. The Hall–Kier alpha value is -0.120. The van der Waals surface area contributed by atoms with Crippen molar-refractivity contribution < 1.29 is 9.47 Å². The lowest BCUT2D eigenvalue weighted by Gasteiger charge is -2.61. The lowest BCUT2D eigenvalue weighted by Crippen LogP contribution is -2.69. The summed E-state index contributed by atoms with van der Waals surface area (Å²) in [7, 11) is 0. The molecule has 1 saturated carbocycles. The molecule has 0 amide bonds. The van der Waals surface area contributed by atoms with Gasteiger partial charge in [-0.2, -0.15) is 0 Å². The van der Waals surface area contributed by atoms with E-state index in [0.717, 1.165) is 31.7 Å². The maximum atomic E-state index is 6.49. The zero-order valence-corrected chi connectivity index (χ0v) is 16.3. The Morgan fingerprint density at radius 2 is 1.79 bits per heavy atom. The zero-order chi connectivity index (χ0) is 17.0. The van der Waals surface area contributed by atoms with Crippen molar-refractivity contribution in [2.24, 2.45) is 22.7 Å². The highest BCUT2D eigenvalue weighted by atomic mass is 16.5. The van der Waals surface area contributed by atoms with Crippen LogP contribution in [0.4, 0.5) is 0 Å². The van der Waals surface area contributed by atoms with E-state index in [0.29, 0.717) is 16.9 Å². The third-order valence-electron chi connectivity index (χ3n) is 7.92. The van der Waals surface area contributed by atoms with Gasteiger partial charge in [-0.25, -0.2) is 0 Å². The molecule has 3 saturated heterocycles. The summed E-state index contributed by atoms with van der Waals surface area (Å²) in [6, 6.07) is 0. The Kier molecular flexibility index (Phi) is 4.29. The van der Waals surface area contributed by atoms with Gasteiger partial charge in [-0.3, -0.25) is 4.90 Å². The molecule has 0 aromatic rings. The van der Waals surface area contributed by atoms with Crippen LogP contribution in [0.15, 0.2) is 0 Å². The molecule has 24 heavy (non-hydrogen) atoms. The van der Waals surface area contributed by atoms with Crippen LogP contribution >= 0.6 is 0 Å². The normalized spacial score (nSPS) is 39.9. The Labute approximate surface area is 148 Å². The van der Waals surface area contributed by atoms with E-state index in [1.54, 1.807) is 0 Å². The second-order valence-electron chi connectivity index (χ2n) is 10.4. The SMILES string of the molecule is CC(C)C1CC2(CCC(C(C)(C)N3CC4(CCCOC4)C3)OC2)C1. The van der Waals surface area contributed by atoms with Gasteiger partial charge in [0, 0.05) is 30.7 Å². The smallest absolute Gasteiger partial charge is 0.0753 e. The van der Waals surface area contributed by atoms with Crippen molar-refractivity contribution in [3.63, 3.8) is 0 Å². The molecule has 138 valence electrons. The van der Waals surface area contributed by atoms with Crippen LogP contribution in [0, 0.1) is 22.7 Å². The molecule has 3 heteroatoms. The highest BCUT2D eigenvalue weighted by molar-refractivity contribution is 5.06. The predicted molar refractivity (Wildman–Crippen MR) is 97.1 cm³/mol. The molecule has 0 aromatic heterocycles. The Morgan fingerprint density at radius 1 is 1.04 bits per heavy atom. The summed E-state index contributed by atoms with van der Waals surface area (Å²) in [6.45, 7) is 14.9.